The van der Waals surface area contributed by atoms with Crippen LogP contribution >= 0.6 is 0 Å². The molecule has 2 rings (SSSR count). The van der Waals surface area contributed by atoms with E-state index in [1.807, 2.05) is 25.1 Å². The van der Waals surface area contributed by atoms with E-state index in [4.69, 9.17) is 4.74 Å². The highest BCUT2D eigenvalue weighted by Crippen LogP contribution is 2.32. The highest BCUT2D eigenvalue weighted by atomic mass is 16.5. The van der Waals surface area contributed by atoms with Crippen LogP contribution in [-0.2, 0) is 13.1 Å². The molecule has 0 aliphatic rings. The van der Waals surface area contributed by atoms with Crippen molar-refractivity contribution in [2.24, 2.45) is 0 Å². The van der Waals surface area contributed by atoms with Gasteiger partial charge < -0.3 is 19.5 Å². The number of aromatic nitrogens is 2. The minimum atomic E-state index is 0.617. The van der Waals surface area contributed by atoms with Crippen LogP contribution in [0.2, 0.25) is 0 Å². The Labute approximate surface area is 120 Å². The van der Waals surface area contributed by atoms with Crippen molar-refractivity contribution >= 4 is 11.4 Å². The molecule has 0 spiro atoms. The summed E-state index contributed by atoms with van der Waals surface area (Å²) in [5.41, 5.74) is 3.22. The molecule has 0 aliphatic heterocycles. The summed E-state index contributed by atoms with van der Waals surface area (Å²) < 4.78 is 7.50. The van der Waals surface area contributed by atoms with Crippen molar-refractivity contribution in [1.29, 1.82) is 0 Å². The van der Waals surface area contributed by atoms with Crippen molar-refractivity contribution < 1.29 is 4.74 Å². The Morgan fingerprint density at radius 3 is 2.75 bits per heavy atom. The number of methoxy groups -OCH3 is 1. The molecule has 0 atom stereocenters. The third-order valence-corrected chi connectivity index (χ3v) is 3.22. The second kappa shape index (κ2) is 6.32. The summed E-state index contributed by atoms with van der Waals surface area (Å²) in [6.07, 6.45) is 5.99. The third-order valence-electron chi connectivity index (χ3n) is 3.22. The monoisotopic (exact) mass is 274 g/mol. The molecule has 0 bridgehead atoms. The van der Waals surface area contributed by atoms with Gasteiger partial charge in [-0.05, 0) is 24.6 Å². The summed E-state index contributed by atoms with van der Waals surface area (Å²) in [7, 11) is 5.65. The summed E-state index contributed by atoms with van der Waals surface area (Å²) in [4.78, 5) is 6.30. The molecule has 108 valence electrons. The van der Waals surface area contributed by atoms with Crippen LogP contribution in [0.1, 0.15) is 12.5 Å². The van der Waals surface area contributed by atoms with Crippen LogP contribution in [0, 0.1) is 0 Å². The number of ether oxygens (including phenoxy) is 1. The first kappa shape index (κ1) is 14.2. The van der Waals surface area contributed by atoms with Crippen molar-refractivity contribution in [3.05, 3.63) is 36.3 Å². The quantitative estimate of drug-likeness (QED) is 0.879. The molecule has 20 heavy (non-hydrogen) atoms. The van der Waals surface area contributed by atoms with Crippen LogP contribution in [0.25, 0.3) is 0 Å². The van der Waals surface area contributed by atoms with Gasteiger partial charge in [0, 0.05) is 45.8 Å². The number of anilines is 2. The number of pyridine rings is 1. The van der Waals surface area contributed by atoms with Gasteiger partial charge in [0.1, 0.15) is 5.69 Å². The van der Waals surface area contributed by atoms with Crippen molar-refractivity contribution in [3.8, 4) is 5.88 Å². The summed E-state index contributed by atoms with van der Waals surface area (Å²) >= 11 is 0. The SMILES string of the molecule is CCn1ccc(CNc2c(N(C)C)ccnc2OC)c1. The zero-order chi connectivity index (χ0) is 14.5. The molecule has 2 aromatic heterocycles. The molecule has 1 N–H and O–H groups in total. The summed E-state index contributed by atoms with van der Waals surface area (Å²) in [5, 5.41) is 3.43. The van der Waals surface area contributed by atoms with Gasteiger partial charge in [-0.25, -0.2) is 4.98 Å². The number of nitrogens with one attached hydrogen (secondary N) is 1. The largest absolute Gasteiger partial charge is 0.479 e. The lowest BCUT2D eigenvalue weighted by Crippen LogP contribution is -2.13. The molecule has 0 fully saturated rings. The van der Waals surface area contributed by atoms with Crippen LogP contribution in [0.15, 0.2) is 30.7 Å². The van der Waals surface area contributed by atoms with Gasteiger partial charge in [-0.3, -0.25) is 0 Å². The van der Waals surface area contributed by atoms with E-state index in [0.717, 1.165) is 24.5 Å². The van der Waals surface area contributed by atoms with E-state index in [1.165, 1.54) is 5.56 Å². The van der Waals surface area contributed by atoms with Crippen molar-refractivity contribution in [3.63, 3.8) is 0 Å². The molecular formula is C15H22N4O. The maximum absolute atomic E-state index is 5.35. The summed E-state index contributed by atoms with van der Waals surface area (Å²) in [6, 6.07) is 4.09. The standard InChI is InChI=1S/C15H22N4O/c1-5-19-9-7-12(11-19)10-17-14-13(18(2)3)6-8-16-15(14)20-4/h6-9,11,17H,5,10H2,1-4H3. The summed E-state index contributed by atoms with van der Waals surface area (Å²) in [5.74, 6) is 0.617. The van der Waals surface area contributed by atoms with Gasteiger partial charge in [-0.2, -0.15) is 0 Å². The molecular weight excluding hydrogens is 252 g/mol. The van der Waals surface area contributed by atoms with E-state index in [2.05, 4.69) is 40.3 Å². The number of aryl methyl sites for hydroxylation is 1. The highest BCUT2D eigenvalue weighted by molar-refractivity contribution is 5.74. The normalized spacial score (nSPS) is 10.4. The van der Waals surface area contributed by atoms with E-state index < -0.39 is 0 Å². The fourth-order valence-electron chi connectivity index (χ4n) is 2.11. The zero-order valence-electron chi connectivity index (χ0n) is 12.6. The van der Waals surface area contributed by atoms with E-state index in [1.54, 1.807) is 13.3 Å². The molecule has 0 radical (unpaired) electrons. The molecule has 0 unspecified atom stereocenters. The van der Waals surface area contributed by atoms with Gasteiger partial charge in [0.05, 0.1) is 12.8 Å². The predicted molar refractivity (Wildman–Crippen MR) is 82.5 cm³/mol. The minimum absolute atomic E-state index is 0.617. The van der Waals surface area contributed by atoms with Crippen molar-refractivity contribution in [2.45, 2.75) is 20.0 Å². The minimum Gasteiger partial charge on any atom is -0.479 e. The molecule has 0 saturated carbocycles. The van der Waals surface area contributed by atoms with Crippen LogP contribution in [0.4, 0.5) is 11.4 Å². The third kappa shape index (κ3) is 3.04. The summed E-state index contributed by atoms with van der Waals surface area (Å²) in [6.45, 7) is 3.86. The average molecular weight is 274 g/mol. The van der Waals surface area contributed by atoms with Crippen LogP contribution < -0.4 is 15.0 Å². The fourth-order valence-corrected chi connectivity index (χ4v) is 2.11. The Bertz CT molecular complexity index is 563. The predicted octanol–water partition coefficient (Wildman–Crippen LogP) is 2.59. The van der Waals surface area contributed by atoms with Gasteiger partial charge in [-0.15, -0.1) is 0 Å². The number of nitrogens with zero attached hydrogens (tertiary/aromatic N) is 3. The van der Waals surface area contributed by atoms with Crippen molar-refractivity contribution in [2.75, 3.05) is 31.4 Å². The molecule has 2 aromatic rings. The average Bonchev–Trinajstić information content (AvgIpc) is 2.92. The lowest BCUT2D eigenvalue weighted by Gasteiger charge is -2.19. The molecule has 2 heterocycles. The maximum Gasteiger partial charge on any atom is 0.239 e. The Morgan fingerprint density at radius 1 is 1.35 bits per heavy atom. The lowest BCUT2D eigenvalue weighted by molar-refractivity contribution is 0.400. The second-order valence-electron chi connectivity index (χ2n) is 4.81. The first-order valence-electron chi connectivity index (χ1n) is 6.74. The van der Waals surface area contributed by atoms with E-state index in [9.17, 15) is 0 Å². The molecule has 0 saturated heterocycles. The first-order valence-corrected chi connectivity index (χ1v) is 6.74. The van der Waals surface area contributed by atoms with Crippen molar-refractivity contribution in [1.82, 2.24) is 9.55 Å². The Hall–Kier alpha value is -2.17. The molecule has 0 amide bonds. The molecule has 5 heteroatoms. The number of rotatable bonds is 6. The number of hydrogen-bond acceptors (Lipinski definition) is 4. The Balaban J connectivity index is 2.19. The highest BCUT2D eigenvalue weighted by Gasteiger charge is 2.11. The van der Waals surface area contributed by atoms with Gasteiger partial charge in [0.25, 0.3) is 0 Å². The van der Waals surface area contributed by atoms with E-state index in [0.29, 0.717) is 5.88 Å². The number of hydrogen-bond donors (Lipinski definition) is 1. The molecule has 5 nitrogen and oxygen atoms in total. The van der Waals surface area contributed by atoms with Crippen LogP contribution in [0.5, 0.6) is 5.88 Å². The topological polar surface area (TPSA) is 42.3 Å². The van der Waals surface area contributed by atoms with E-state index in [-0.39, 0.29) is 0 Å². The van der Waals surface area contributed by atoms with Gasteiger partial charge >= 0.3 is 0 Å². The first-order chi connectivity index (χ1) is 9.65. The smallest absolute Gasteiger partial charge is 0.239 e. The van der Waals surface area contributed by atoms with E-state index >= 15 is 0 Å². The Kier molecular flexibility index (Phi) is 4.50. The fraction of sp³-hybridized carbons (Fsp3) is 0.400. The second-order valence-corrected chi connectivity index (χ2v) is 4.81. The molecule has 0 aromatic carbocycles. The Morgan fingerprint density at radius 2 is 2.15 bits per heavy atom. The van der Waals surface area contributed by atoms with Gasteiger partial charge in [0.2, 0.25) is 5.88 Å². The molecule has 0 aliphatic carbocycles. The maximum atomic E-state index is 5.35. The van der Waals surface area contributed by atoms with Crippen LogP contribution in [-0.4, -0.2) is 30.8 Å². The van der Waals surface area contributed by atoms with Gasteiger partial charge in [-0.1, -0.05) is 0 Å². The zero-order valence-corrected chi connectivity index (χ0v) is 12.6. The van der Waals surface area contributed by atoms with Crippen LogP contribution in [0.3, 0.4) is 0 Å². The lowest BCUT2D eigenvalue weighted by atomic mass is 10.2. The van der Waals surface area contributed by atoms with Gasteiger partial charge in [0.15, 0.2) is 0 Å².